The van der Waals surface area contributed by atoms with E-state index in [2.05, 4.69) is 24.5 Å². The van der Waals surface area contributed by atoms with E-state index in [4.69, 9.17) is 0 Å². The smallest absolute Gasteiger partial charge is 0.237 e. The van der Waals surface area contributed by atoms with Gasteiger partial charge in [0.1, 0.15) is 0 Å². The summed E-state index contributed by atoms with van der Waals surface area (Å²) in [7, 11) is 0. The number of carbonyl (C=O) groups excluding carboxylic acids is 2. The van der Waals surface area contributed by atoms with Gasteiger partial charge < -0.3 is 10.2 Å². The van der Waals surface area contributed by atoms with Crippen molar-refractivity contribution in [1.82, 2.24) is 15.5 Å². The van der Waals surface area contributed by atoms with Crippen molar-refractivity contribution in [2.75, 3.05) is 19.6 Å². The summed E-state index contributed by atoms with van der Waals surface area (Å²) in [4.78, 5) is 25.8. The molecule has 1 rings (SSSR count). The van der Waals surface area contributed by atoms with Gasteiger partial charge in [0.05, 0.1) is 12.6 Å². The van der Waals surface area contributed by atoms with Gasteiger partial charge >= 0.3 is 0 Å². The van der Waals surface area contributed by atoms with Crippen molar-refractivity contribution in [3.05, 3.63) is 0 Å². The molecule has 0 aliphatic carbocycles. The summed E-state index contributed by atoms with van der Waals surface area (Å²) in [6.07, 6.45) is 5.27. The van der Waals surface area contributed by atoms with Crippen LogP contribution in [0.3, 0.4) is 0 Å². The molecular formula is C15H29N3O2. The van der Waals surface area contributed by atoms with Gasteiger partial charge in [0.2, 0.25) is 11.8 Å². The Morgan fingerprint density at radius 3 is 2.25 bits per heavy atom. The lowest BCUT2D eigenvalue weighted by molar-refractivity contribution is -0.131. The van der Waals surface area contributed by atoms with Crippen LogP contribution < -0.4 is 10.6 Å². The third-order valence-corrected chi connectivity index (χ3v) is 3.99. The molecule has 20 heavy (non-hydrogen) atoms. The van der Waals surface area contributed by atoms with Gasteiger partial charge in [0.25, 0.3) is 0 Å². The summed E-state index contributed by atoms with van der Waals surface area (Å²) >= 11 is 0. The molecule has 2 amide bonds. The minimum Gasteiger partial charge on any atom is -0.352 e. The van der Waals surface area contributed by atoms with Gasteiger partial charge in [-0.25, -0.2) is 0 Å². The number of rotatable bonds is 7. The third-order valence-electron chi connectivity index (χ3n) is 3.99. The Kier molecular flexibility index (Phi) is 7.59. The highest BCUT2D eigenvalue weighted by Gasteiger charge is 2.19. The first-order chi connectivity index (χ1) is 9.58. The maximum Gasteiger partial charge on any atom is 0.237 e. The molecule has 116 valence electrons. The Bertz CT molecular complexity index is 310. The minimum absolute atomic E-state index is 0.0230. The average Bonchev–Trinajstić information content (AvgIpc) is 2.50. The number of hydrogen-bond acceptors (Lipinski definition) is 3. The quantitative estimate of drug-likeness (QED) is 0.740. The second kappa shape index (κ2) is 8.95. The molecule has 0 bridgehead atoms. The molecule has 0 aromatic carbocycles. The van der Waals surface area contributed by atoms with Crippen molar-refractivity contribution < 1.29 is 9.59 Å². The van der Waals surface area contributed by atoms with Crippen LogP contribution in [0.25, 0.3) is 0 Å². The first-order valence-electron chi connectivity index (χ1n) is 7.90. The van der Waals surface area contributed by atoms with Gasteiger partial charge in [0.15, 0.2) is 0 Å². The number of hydrogen-bond donors (Lipinski definition) is 2. The van der Waals surface area contributed by atoms with Crippen molar-refractivity contribution in [3.63, 3.8) is 0 Å². The number of nitrogens with zero attached hydrogens (tertiary/aromatic N) is 1. The molecule has 1 saturated heterocycles. The first kappa shape index (κ1) is 17.0. The van der Waals surface area contributed by atoms with Gasteiger partial charge in [0, 0.05) is 19.1 Å². The van der Waals surface area contributed by atoms with Gasteiger partial charge in [-0.1, -0.05) is 13.8 Å². The molecule has 5 nitrogen and oxygen atoms in total. The third kappa shape index (κ3) is 5.49. The molecule has 0 aromatic heterocycles. The van der Waals surface area contributed by atoms with Crippen LogP contribution in [0.1, 0.15) is 52.9 Å². The monoisotopic (exact) mass is 283 g/mol. The lowest BCUT2D eigenvalue weighted by Gasteiger charge is -2.27. The van der Waals surface area contributed by atoms with Gasteiger partial charge in [-0.3, -0.25) is 14.9 Å². The highest BCUT2D eigenvalue weighted by molar-refractivity contribution is 5.83. The predicted octanol–water partition coefficient (Wildman–Crippen LogP) is 1.28. The van der Waals surface area contributed by atoms with E-state index in [0.29, 0.717) is 0 Å². The number of nitrogens with one attached hydrogen (secondary N) is 2. The number of likely N-dealkylation sites (tertiary alicyclic amines) is 1. The predicted molar refractivity (Wildman–Crippen MR) is 80.4 cm³/mol. The van der Waals surface area contributed by atoms with Crippen LogP contribution in [0.4, 0.5) is 0 Å². The Labute approximate surface area is 122 Å². The van der Waals surface area contributed by atoms with Crippen LogP contribution in [0.5, 0.6) is 0 Å². The van der Waals surface area contributed by atoms with Gasteiger partial charge in [-0.05, 0) is 39.0 Å². The number of carbonyl (C=O) groups is 2. The molecule has 1 unspecified atom stereocenters. The minimum atomic E-state index is -0.329. The van der Waals surface area contributed by atoms with Crippen molar-refractivity contribution in [2.45, 2.75) is 65.0 Å². The first-order valence-corrected chi connectivity index (χ1v) is 7.90. The summed E-state index contributed by atoms with van der Waals surface area (Å²) in [5.41, 5.74) is 0. The Morgan fingerprint density at radius 2 is 1.70 bits per heavy atom. The SMILES string of the molecule is CCC(CC)NC(=O)C(C)NCC(=O)N1CCCCC1. The molecule has 1 aliphatic rings. The number of piperidine rings is 1. The van der Waals surface area contributed by atoms with E-state index < -0.39 is 0 Å². The fraction of sp³-hybridized carbons (Fsp3) is 0.867. The van der Waals surface area contributed by atoms with Crippen molar-refractivity contribution in [1.29, 1.82) is 0 Å². The molecule has 2 N–H and O–H groups in total. The van der Waals surface area contributed by atoms with Crippen molar-refractivity contribution >= 4 is 11.8 Å². The summed E-state index contributed by atoms with van der Waals surface area (Å²) in [5.74, 6) is 0.0806. The summed E-state index contributed by atoms with van der Waals surface area (Å²) < 4.78 is 0. The van der Waals surface area contributed by atoms with E-state index in [9.17, 15) is 9.59 Å². The summed E-state index contributed by atoms with van der Waals surface area (Å²) in [6, 6.07) is -0.103. The van der Waals surface area contributed by atoms with E-state index in [1.54, 1.807) is 6.92 Å². The van der Waals surface area contributed by atoms with Crippen LogP contribution in [0.15, 0.2) is 0 Å². The summed E-state index contributed by atoms with van der Waals surface area (Å²) in [6.45, 7) is 7.89. The molecule has 0 radical (unpaired) electrons. The largest absolute Gasteiger partial charge is 0.352 e. The topological polar surface area (TPSA) is 61.4 Å². The second-order valence-electron chi connectivity index (χ2n) is 5.57. The molecule has 1 atom stereocenters. The maximum atomic E-state index is 12.0. The zero-order valence-electron chi connectivity index (χ0n) is 13.1. The van der Waals surface area contributed by atoms with E-state index in [1.807, 2.05) is 4.90 Å². The van der Waals surface area contributed by atoms with Crippen LogP contribution in [-0.2, 0) is 9.59 Å². The Hall–Kier alpha value is -1.10. The van der Waals surface area contributed by atoms with Gasteiger partial charge in [-0.15, -0.1) is 0 Å². The zero-order chi connectivity index (χ0) is 15.0. The zero-order valence-corrected chi connectivity index (χ0v) is 13.1. The Balaban J connectivity index is 2.28. The molecule has 1 heterocycles. The highest BCUT2D eigenvalue weighted by Crippen LogP contribution is 2.08. The number of amides is 2. The van der Waals surface area contributed by atoms with E-state index in [0.717, 1.165) is 38.8 Å². The maximum absolute atomic E-state index is 12.0. The van der Waals surface area contributed by atoms with E-state index >= 15 is 0 Å². The van der Waals surface area contributed by atoms with Crippen LogP contribution in [-0.4, -0.2) is 48.4 Å². The van der Waals surface area contributed by atoms with E-state index in [1.165, 1.54) is 6.42 Å². The molecule has 0 spiro atoms. The molecule has 1 fully saturated rings. The lowest BCUT2D eigenvalue weighted by Crippen LogP contribution is -2.49. The molecule has 5 heteroatoms. The molecular weight excluding hydrogens is 254 g/mol. The normalized spacial score (nSPS) is 17.1. The highest BCUT2D eigenvalue weighted by atomic mass is 16.2. The van der Waals surface area contributed by atoms with Crippen molar-refractivity contribution in [3.8, 4) is 0 Å². The fourth-order valence-electron chi connectivity index (χ4n) is 2.41. The molecule has 1 aliphatic heterocycles. The summed E-state index contributed by atoms with van der Waals surface area (Å²) in [5, 5.41) is 6.02. The fourth-order valence-corrected chi connectivity index (χ4v) is 2.41. The standard InChI is InChI=1S/C15H29N3O2/c1-4-13(5-2)17-15(20)12(3)16-11-14(19)18-9-7-6-8-10-18/h12-13,16H,4-11H2,1-3H3,(H,17,20). The average molecular weight is 283 g/mol. The van der Waals surface area contributed by atoms with Gasteiger partial charge in [-0.2, -0.15) is 0 Å². The second-order valence-corrected chi connectivity index (χ2v) is 5.57. The van der Waals surface area contributed by atoms with E-state index in [-0.39, 0.29) is 30.4 Å². The molecule has 0 saturated carbocycles. The van der Waals surface area contributed by atoms with Crippen molar-refractivity contribution in [2.24, 2.45) is 0 Å². The molecule has 0 aromatic rings. The van der Waals surface area contributed by atoms with Crippen LogP contribution in [0, 0.1) is 0 Å². The van der Waals surface area contributed by atoms with Crippen LogP contribution in [0.2, 0.25) is 0 Å². The lowest BCUT2D eigenvalue weighted by atomic mass is 10.1. The Morgan fingerprint density at radius 1 is 1.10 bits per heavy atom. The van der Waals surface area contributed by atoms with Crippen LogP contribution >= 0.6 is 0 Å².